The molecule has 20 heavy (non-hydrogen) atoms. The number of aryl methyl sites for hydroxylation is 1. The Hall–Kier alpha value is -2.27. The highest BCUT2D eigenvalue weighted by molar-refractivity contribution is 5.57. The van der Waals surface area contributed by atoms with Crippen LogP contribution in [0, 0.1) is 12.7 Å². The average Bonchev–Trinajstić information content (AvgIpc) is 2.45. The van der Waals surface area contributed by atoms with Crippen molar-refractivity contribution < 1.29 is 19.0 Å². The normalized spacial score (nSPS) is 10.4. The number of benzene rings is 2. The molecule has 0 heterocycles. The molecule has 0 atom stereocenters. The number of aliphatic hydroxyl groups excluding tert-OH is 1. The lowest BCUT2D eigenvalue weighted by Gasteiger charge is -2.13. The first-order valence-electron chi connectivity index (χ1n) is 6.06. The standard InChI is InChI=1S/C15H16FNO3/c1-9-5-14(12(17)7-11(9)16)20-13-4-3-10(8-18)6-15(13)19-2/h3-7,18H,8,17H2,1-2H3. The molecule has 0 aliphatic rings. The Labute approximate surface area is 116 Å². The van der Waals surface area contributed by atoms with E-state index < -0.39 is 0 Å². The number of halogens is 1. The molecule has 2 rings (SSSR count). The molecule has 106 valence electrons. The number of hydrogen-bond donors (Lipinski definition) is 2. The van der Waals surface area contributed by atoms with Crippen LogP contribution < -0.4 is 15.2 Å². The van der Waals surface area contributed by atoms with Gasteiger partial charge in [-0.05, 0) is 36.2 Å². The predicted molar refractivity (Wildman–Crippen MR) is 74.5 cm³/mol. The first-order valence-corrected chi connectivity index (χ1v) is 6.06. The van der Waals surface area contributed by atoms with Crippen LogP contribution in [0.5, 0.6) is 17.2 Å². The maximum absolute atomic E-state index is 13.4. The zero-order valence-corrected chi connectivity index (χ0v) is 11.3. The topological polar surface area (TPSA) is 64.7 Å². The highest BCUT2D eigenvalue weighted by Gasteiger charge is 2.11. The van der Waals surface area contributed by atoms with Crippen LogP contribution in [0.3, 0.4) is 0 Å². The molecule has 0 saturated heterocycles. The minimum Gasteiger partial charge on any atom is -0.493 e. The number of ether oxygens (including phenoxy) is 2. The maximum Gasteiger partial charge on any atom is 0.169 e. The summed E-state index contributed by atoms with van der Waals surface area (Å²) in [7, 11) is 1.50. The van der Waals surface area contributed by atoms with Crippen LogP contribution in [0.1, 0.15) is 11.1 Å². The van der Waals surface area contributed by atoms with Crippen LogP contribution in [-0.4, -0.2) is 12.2 Å². The Kier molecular flexibility index (Phi) is 4.10. The summed E-state index contributed by atoms with van der Waals surface area (Å²) in [4.78, 5) is 0. The van der Waals surface area contributed by atoms with Crippen molar-refractivity contribution in [3.63, 3.8) is 0 Å². The number of nitrogens with two attached hydrogens (primary N) is 1. The molecule has 0 bridgehead atoms. The Morgan fingerprint density at radius 1 is 1.15 bits per heavy atom. The minimum absolute atomic E-state index is 0.0889. The van der Waals surface area contributed by atoms with Gasteiger partial charge in [-0.3, -0.25) is 0 Å². The number of rotatable bonds is 4. The van der Waals surface area contributed by atoms with Gasteiger partial charge < -0.3 is 20.3 Å². The van der Waals surface area contributed by atoms with Gasteiger partial charge in [-0.2, -0.15) is 0 Å². The molecule has 0 amide bonds. The average molecular weight is 277 g/mol. The number of anilines is 1. The van der Waals surface area contributed by atoms with Gasteiger partial charge in [0, 0.05) is 6.07 Å². The van der Waals surface area contributed by atoms with Crippen molar-refractivity contribution in [3.05, 3.63) is 47.3 Å². The Morgan fingerprint density at radius 2 is 1.90 bits per heavy atom. The third-order valence-electron chi connectivity index (χ3n) is 2.92. The molecule has 0 unspecified atom stereocenters. The monoisotopic (exact) mass is 277 g/mol. The summed E-state index contributed by atoms with van der Waals surface area (Å²) in [5, 5.41) is 9.09. The quantitative estimate of drug-likeness (QED) is 0.843. The fraction of sp³-hybridized carbons (Fsp3) is 0.200. The molecule has 0 aliphatic carbocycles. The summed E-state index contributed by atoms with van der Waals surface area (Å²) in [6, 6.07) is 7.80. The fourth-order valence-corrected chi connectivity index (χ4v) is 1.77. The summed E-state index contributed by atoms with van der Waals surface area (Å²) in [6.07, 6.45) is 0. The zero-order chi connectivity index (χ0) is 14.7. The molecular formula is C15H16FNO3. The van der Waals surface area contributed by atoms with Gasteiger partial charge in [0.2, 0.25) is 0 Å². The molecule has 0 fully saturated rings. The fourth-order valence-electron chi connectivity index (χ4n) is 1.77. The van der Waals surface area contributed by atoms with Crippen molar-refractivity contribution in [2.45, 2.75) is 13.5 Å². The molecular weight excluding hydrogens is 261 g/mol. The summed E-state index contributed by atoms with van der Waals surface area (Å²) in [5.41, 5.74) is 7.10. The van der Waals surface area contributed by atoms with Crippen molar-refractivity contribution >= 4 is 5.69 Å². The van der Waals surface area contributed by atoms with Crippen LogP contribution in [0.4, 0.5) is 10.1 Å². The zero-order valence-electron chi connectivity index (χ0n) is 11.3. The van der Waals surface area contributed by atoms with Crippen LogP contribution in [0.2, 0.25) is 0 Å². The summed E-state index contributed by atoms with van der Waals surface area (Å²) < 4.78 is 24.2. The lowest BCUT2D eigenvalue weighted by molar-refractivity contribution is 0.280. The molecule has 5 heteroatoms. The van der Waals surface area contributed by atoms with E-state index in [1.165, 1.54) is 19.2 Å². The van der Waals surface area contributed by atoms with Crippen molar-refractivity contribution in [1.29, 1.82) is 0 Å². The van der Waals surface area contributed by atoms with E-state index in [-0.39, 0.29) is 18.1 Å². The molecule has 0 aliphatic heterocycles. The van der Waals surface area contributed by atoms with Gasteiger partial charge in [0.15, 0.2) is 17.2 Å². The highest BCUT2D eigenvalue weighted by Crippen LogP contribution is 2.35. The van der Waals surface area contributed by atoms with Gasteiger partial charge in [0.25, 0.3) is 0 Å². The second-order valence-corrected chi connectivity index (χ2v) is 4.38. The molecule has 0 radical (unpaired) electrons. The van der Waals surface area contributed by atoms with Gasteiger partial charge in [0.1, 0.15) is 5.82 Å². The maximum atomic E-state index is 13.4. The van der Waals surface area contributed by atoms with E-state index in [9.17, 15) is 4.39 Å². The van der Waals surface area contributed by atoms with E-state index in [0.29, 0.717) is 28.4 Å². The van der Waals surface area contributed by atoms with Crippen molar-refractivity contribution in [3.8, 4) is 17.2 Å². The van der Waals surface area contributed by atoms with Crippen LogP contribution >= 0.6 is 0 Å². The van der Waals surface area contributed by atoms with Gasteiger partial charge in [-0.1, -0.05) is 6.07 Å². The van der Waals surface area contributed by atoms with Gasteiger partial charge in [-0.15, -0.1) is 0 Å². The van der Waals surface area contributed by atoms with Crippen molar-refractivity contribution in [2.75, 3.05) is 12.8 Å². The summed E-state index contributed by atoms with van der Waals surface area (Å²) >= 11 is 0. The summed E-state index contributed by atoms with van der Waals surface area (Å²) in [6.45, 7) is 1.54. The number of methoxy groups -OCH3 is 1. The second-order valence-electron chi connectivity index (χ2n) is 4.38. The molecule has 2 aromatic rings. The lowest BCUT2D eigenvalue weighted by Crippen LogP contribution is -1.97. The number of nitrogen functional groups attached to an aromatic ring is 1. The number of hydrogen-bond acceptors (Lipinski definition) is 4. The van der Waals surface area contributed by atoms with E-state index in [0.717, 1.165) is 0 Å². The Morgan fingerprint density at radius 3 is 2.55 bits per heavy atom. The van der Waals surface area contributed by atoms with E-state index >= 15 is 0 Å². The Balaban J connectivity index is 2.37. The highest BCUT2D eigenvalue weighted by atomic mass is 19.1. The first-order chi connectivity index (χ1) is 9.55. The van der Waals surface area contributed by atoms with E-state index in [4.69, 9.17) is 20.3 Å². The van der Waals surface area contributed by atoms with Gasteiger partial charge >= 0.3 is 0 Å². The first kappa shape index (κ1) is 14.1. The smallest absolute Gasteiger partial charge is 0.169 e. The molecule has 0 spiro atoms. The number of aliphatic hydroxyl groups is 1. The molecule has 2 aromatic carbocycles. The van der Waals surface area contributed by atoms with Crippen molar-refractivity contribution in [1.82, 2.24) is 0 Å². The van der Waals surface area contributed by atoms with Crippen molar-refractivity contribution in [2.24, 2.45) is 0 Å². The van der Waals surface area contributed by atoms with Gasteiger partial charge in [-0.25, -0.2) is 4.39 Å². The molecule has 4 nitrogen and oxygen atoms in total. The van der Waals surface area contributed by atoms with E-state index in [1.807, 2.05) is 0 Å². The van der Waals surface area contributed by atoms with Crippen LogP contribution in [-0.2, 0) is 6.61 Å². The largest absolute Gasteiger partial charge is 0.493 e. The minimum atomic E-state index is -0.377. The SMILES string of the molecule is COc1cc(CO)ccc1Oc1cc(C)c(F)cc1N. The third-order valence-corrected chi connectivity index (χ3v) is 2.92. The third kappa shape index (κ3) is 2.83. The molecule has 3 N–H and O–H groups in total. The van der Waals surface area contributed by atoms with E-state index in [2.05, 4.69) is 0 Å². The van der Waals surface area contributed by atoms with Crippen LogP contribution in [0.15, 0.2) is 30.3 Å². The van der Waals surface area contributed by atoms with Crippen LogP contribution in [0.25, 0.3) is 0 Å². The summed E-state index contributed by atoms with van der Waals surface area (Å²) in [5.74, 6) is 0.900. The molecule has 0 aromatic heterocycles. The predicted octanol–water partition coefficient (Wildman–Crippen LogP) is 3.01. The lowest BCUT2D eigenvalue weighted by atomic mass is 10.2. The molecule has 0 saturated carbocycles. The second kappa shape index (κ2) is 5.79. The van der Waals surface area contributed by atoms with Gasteiger partial charge in [0.05, 0.1) is 19.4 Å². The van der Waals surface area contributed by atoms with E-state index in [1.54, 1.807) is 25.1 Å². The Bertz CT molecular complexity index is 629.